The lowest BCUT2D eigenvalue weighted by molar-refractivity contribution is -0.139. The Morgan fingerprint density at radius 1 is 0.971 bits per heavy atom. The van der Waals surface area contributed by atoms with Gasteiger partial charge in [0.2, 0.25) is 11.8 Å². The standard InChI is InChI=1S/C29H33ClN2O2S/c1-4-22(3)31-29(34)27(18-23-9-6-5-7-10-23)32(19-24-11-8-12-25(30)17-24)28(33)20-35-26-15-13-21(2)14-16-26/h5-17,22,27H,4,18-20H2,1-3H3,(H,31,34). The Morgan fingerprint density at radius 2 is 1.66 bits per heavy atom. The number of benzene rings is 3. The average Bonchev–Trinajstić information content (AvgIpc) is 2.86. The van der Waals surface area contributed by atoms with E-state index < -0.39 is 6.04 Å². The molecule has 1 N–H and O–H groups in total. The molecule has 0 saturated heterocycles. The second-order valence-corrected chi connectivity index (χ2v) is 10.3. The SMILES string of the molecule is CCC(C)NC(=O)C(Cc1ccccc1)N(Cc1cccc(Cl)c1)C(=O)CSc1ccc(C)cc1. The molecule has 3 rings (SSSR count). The van der Waals surface area contributed by atoms with E-state index in [0.29, 0.717) is 18.0 Å². The van der Waals surface area contributed by atoms with Gasteiger partial charge in [0, 0.05) is 28.9 Å². The molecular formula is C29H33ClN2O2S. The summed E-state index contributed by atoms with van der Waals surface area (Å²) in [5.74, 6) is 0.0145. The molecule has 0 spiro atoms. The maximum atomic E-state index is 13.7. The molecule has 35 heavy (non-hydrogen) atoms. The van der Waals surface area contributed by atoms with Crippen molar-refractivity contribution in [2.75, 3.05) is 5.75 Å². The van der Waals surface area contributed by atoms with Crippen molar-refractivity contribution in [3.8, 4) is 0 Å². The fourth-order valence-corrected chi connectivity index (χ4v) is 4.69. The summed E-state index contributed by atoms with van der Waals surface area (Å²) in [6.45, 7) is 6.35. The van der Waals surface area contributed by atoms with Crippen LogP contribution in [0.3, 0.4) is 0 Å². The van der Waals surface area contributed by atoms with E-state index in [9.17, 15) is 9.59 Å². The summed E-state index contributed by atoms with van der Waals surface area (Å²) in [7, 11) is 0. The third-order valence-electron chi connectivity index (χ3n) is 5.90. The summed E-state index contributed by atoms with van der Waals surface area (Å²) in [5.41, 5.74) is 3.07. The Labute approximate surface area is 218 Å². The highest BCUT2D eigenvalue weighted by atomic mass is 35.5. The van der Waals surface area contributed by atoms with Crippen LogP contribution in [0.15, 0.2) is 83.8 Å². The van der Waals surface area contributed by atoms with Gasteiger partial charge in [-0.25, -0.2) is 0 Å². The molecule has 2 amide bonds. The molecule has 0 aromatic heterocycles. The maximum Gasteiger partial charge on any atom is 0.243 e. The van der Waals surface area contributed by atoms with Crippen molar-refractivity contribution in [2.24, 2.45) is 0 Å². The number of hydrogen-bond donors (Lipinski definition) is 1. The van der Waals surface area contributed by atoms with E-state index in [4.69, 9.17) is 11.6 Å². The van der Waals surface area contributed by atoms with Gasteiger partial charge in [-0.15, -0.1) is 11.8 Å². The van der Waals surface area contributed by atoms with Crippen LogP contribution in [0.1, 0.15) is 37.0 Å². The van der Waals surface area contributed by atoms with Crippen LogP contribution in [0.4, 0.5) is 0 Å². The molecule has 3 aromatic carbocycles. The summed E-state index contributed by atoms with van der Waals surface area (Å²) in [5, 5.41) is 3.70. The highest BCUT2D eigenvalue weighted by Gasteiger charge is 2.31. The molecule has 0 aliphatic carbocycles. The highest BCUT2D eigenvalue weighted by molar-refractivity contribution is 8.00. The minimum Gasteiger partial charge on any atom is -0.352 e. The number of aryl methyl sites for hydroxylation is 1. The fraction of sp³-hybridized carbons (Fsp3) is 0.310. The molecule has 6 heteroatoms. The Bertz CT molecular complexity index is 1110. The smallest absolute Gasteiger partial charge is 0.243 e. The van der Waals surface area contributed by atoms with E-state index in [1.807, 2.05) is 99.6 Å². The first-order valence-corrected chi connectivity index (χ1v) is 13.3. The quantitative estimate of drug-likeness (QED) is 0.309. The van der Waals surface area contributed by atoms with Crippen molar-refractivity contribution in [3.63, 3.8) is 0 Å². The molecule has 0 radical (unpaired) electrons. The van der Waals surface area contributed by atoms with Crippen LogP contribution in [-0.2, 0) is 22.6 Å². The van der Waals surface area contributed by atoms with Gasteiger partial charge in [0.1, 0.15) is 6.04 Å². The van der Waals surface area contributed by atoms with Gasteiger partial charge in [-0.1, -0.05) is 78.7 Å². The van der Waals surface area contributed by atoms with Crippen LogP contribution >= 0.6 is 23.4 Å². The van der Waals surface area contributed by atoms with Gasteiger partial charge in [-0.2, -0.15) is 0 Å². The Morgan fingerprint density at radius 3 is 2.31 bits per heavy atom. The van der Waals surface area contributed by atoms with Gasteiger partial charge in [-0.3, -0.25) is 9.59 Å². The summed E-state index contributed by atoms with van der Waals surface area (Å²) in [6.07, 6.45) is 1.25. The first kappa shape index (κ1) is 26.8. The third-order valence-corrected chi connectivity index (χ3v) is 7.13. The van der Waals surface area contributed by atoms with Crippen LogP contribution in [0, 0.1) is 6.92 Å². The van der Waals surface area contributed by atoms with E-state index in [1.54, 1.807) is 4.90 Å². The zero-order valence-electron chi connectivity index (χ0n) is 20.5. The molecule has 0 heterocycles. The summed E-state index contributed by atoms with van der Waals surface area (Å²) >= 11 is 7.72. The summed E-state index contributed by atoms with van der Waals surface area (Å²) in [6, 6.07) is 24.8. The van der Waals surface area contributed by atoms with Crippen molar-refractivity contribution in [3.05, 3.63) is 101 Å². The first-order valence-electron chi connectivity index (χ1n) is 11.9. The van der Waals surface area contributed by atoms with E-state index in [0.717, 1.165) is 22.4 Å². The van der Waals surface area contributed by atoms with Crippen LogP contribution in [0.2, 0.25) is 5.02 Å². The minimum atomic E-state index is -0.642. The number of carbonyl (C=O) groups is 2. The number of nitrogens with zero attached hydrogens (tertiary/aromatic N) is 1. The molecule has 2 atom stereocenters. The first-order chi connectivity index (χ1) is 16.9. The fourth-order valence-electron chi connectivity index (χ4n) is 3.69. The molecule has 3 aromatic rings. The topological polar surface area (TPSA) is 49.4 Å². The van der Waals surface area contributed by atoms with E-state index >= 15 is 0 Å². The number of carbonyl (C=O) groups excluding carboxylic acids is 2. The number of nitrogens with one attached hydrogen (secondary N) is 1. The summed E-state index contributed by atoms with van der Waals surface area (Å²) < 4.78 is 0. The normalized spacial score (nSPS) is 12.6. The minimum absolute atomic E-state index is 0.0193. The number of hydrogen-bond acceptors (Lipinski definition) is 3. The van der Waals surface area contributed by atoms with Crippen LogP contribution in [-0.4, -0.2) is 34.6 Å². The molecule has 4 nitrogen and oxygen atoms in total. The van der Waals surface area contributed by atoms with Crippen molar-refractivity contribution in [2.45, 2.75) is 57.1 Å². The van der Waals surface area contributed by atoms with Gasteiger partial charge in [0.05, 0.1) is 5.75 Å². The zero-order chi connectivity index (χ0) is 25.2. The van der Waals surface area contributed by atoms with Gasteiger partial charge in [0.15, 0.2) is 0 Å². The zero-order valence-corrected chi connectivity index (χ0v) is 22.1. The lowest BCUT2D eigenvalue weighted by Crippen LogP contribution is -2.52. The van der Waals surface area contributed by atoms with Crippen LogP contribution in [0.25, 0.3) is 0 Å². The van der Waals surface area contributed by atoms with Gasteiger partial charge in [-0.05, 0) is 55.7 Å². The monoisotopic (exact) mass is 508 g/mol. The van der Waals surface area contributed by atoms with Crippen molar-refractivity contribution in [1.29, 1.82) is 0 Å². The van der Waals surface area contributed by atoms with E-state index in [2.05, 4.69) is 5.32 Å². The lowest BCUT2D eigenvalue weighted by Gasteiger charge is -2.32. The van der Waals surface area contributed by atoms with Gasteiger partial charge >= 0.3 is 0 Å². The molecule has 184 valence electrons. The Hall–Kier alpha value is -2.76. The van der Waals surface area contributed by atoms with Crippen molar-refractivity contribution in [1.82, 2.24) is 10.2 Å². The highest BCUT2D eigenvalue weighted by Crippen LogP contribution is 2.22. The average molecular weight is 509 g/mol. The predicted molar refractivity (Wildman–Crippen MR) is 146 cm³/mol. The van der Waals surface area contributed by atoms with Gasteiger partial charge < -0.3 is 10.2 Å². The second kappa shape index (κ2) is 13.4. The molecular weight excluding hydrogens is 476 g/mol. The molecule has 0 aliphatic rings. The molecule has 0 fully saturated rings. The van der Waals surface area contributed by atoms with Gasteiger partial charge in [0.25, 0.3) is 0 Å². The Balaban J connectivity index is 1.90. The third kappa shape index (κ3) is 8.44. The Kier molecular flexibility index (Phi) is 10.2. The number of rotatable bonds is 11. The number of halogens is 1. The predicted octanol–water partition coefficient (Wildman–Crippen LogP) is 6.30. The van der Waals surface area contributed by atoms with E-state index in [1.165, 1.54) is 17.3 Å². The number of amides is 2. The van der Waals surface area contributed by atoms with Crippen molar-refractivity contribution >= 4 is 35.2 Å². The summed E-state index contributed by atoms with van der Waals surface area (Å²) in [4.78, 5) is 29.9. The van der Waals surface area contributed by atoms with Crippen LogP contribution < -0.4 is 5.32 Å². The van der Waals surface area contributed by atoms with E-state index in [-0.39, 0.29) is 23.6 Å². The largest absolute Gasteiger partial charge is 0.352 e. The lowest BCUT2D eigenvalue weighted by atomic mass is 10.0. The second-order valence-electron chi connectivity index (χ2n) is 8.78. The molecule has 0 bridgehead atoms. The molecule has 0 aliphatic heterocycles. The van der Waals surface area contributed by atoms with Crippen molar-refractivity contribution < 1.29 is 9.59 Å². The number of thioether (sulfide) groups is 1. The molecule has 0 saturated carbocycles. The maximum absolute atomic E-state index is 13.7. The van der Waals surface area contributed by atoms with Crippen LogP contribution in [0.5, 0.6) is 0 Å². The molecule has 2 unspecified atom stereocenters.